The SMILES string of the molecule is CC1(C(=O)N[C@H]2CNOC2)CC1. The summed E-state index contributed by atoms with van der Waals surface area (Å²) in [7, 11) is 0. The van der Waals surface area contributed by atoms with Gasteiger partial charge in [0.15, 0.2) is 0 Å². The molecule has 68 valence electrons. The fraction of sp³-hybridized carbons (Fsp3) is 0.875. The number of amides is 1. The fourth-order valence-corrected chi connectivity index (χ4v) is 1.24. The lowest BCUT2D eigenvalue weighted by Gasteiger charge is -2.13. The molecule has 1 heterocycles. The largest absolute Gasteiger partial charge is 0.349 e. The van der Waals surface area contributed by atoms with E-state index in [0.29, 0.717) is 6.61 Å². The molecule has 1 saturated heterocycles. The standard InChI is InChI=1S/C8H14N2O2/c1-8(2-3-8)7(11)10-6-4-9-12-5-6/h6,9H,2-5H2,1H3,(H,10,11)/t6-/m0/s1. The van der Waals surface area contributed by atoms with Crippen molar-refractivity contribution in [1.29, 1.82) is 0 Å². The highest BCUT2D eigenvalue weighted by Crippen LogP contribution is 2.45. The number of rotatable bonds is 2. The minimum atomic E-state index is -0.0669. The lowest BCUT2D eigenvalue weighted by atomic mass is 10.1. The summed E-state index contributed by atoms with van der Waals surface area (Å²) in [5.74, 6) is 0.180. The van der Waals surface area contributed by atoms with Crippen LogP contribution in [-0.2, 0) is 9.63 Å². The van der Waals surface area contributed by atoms with Crippen LogP contribution in [0.3, 0.4) is 0 Å². The molecule has 2 fully saturated rings. The van der Waals surface area contributed by atoms with E-state index in [1.54, 1.807) is 0 Å². The Balaban J connectivity index is 1.82. The lowest BCUT2D eigenvalue weighted by molar-refractivity contribution is -0.126. The van der Waals surface area contributed by atoms with Crippen molar-refractivity contribution in [2.24, 2.45) is 5.41 Å². The molecule has 0 spiro atoms. The van der Waals surface area contributed by atoms with Gasteiger partial charge >= 0.3 is 0 Å². The van der Waals surface area contributed by atoms with E-state index in [4.69, 9.17) is 4.84 Å². The van der Waals surface area contributed by atoms with Crippen LogP contribution in [0, 0.1) is 5.41 Å². The Morgan fingerprint density at radius 3 is 2.92 bits per heavy atom. The number of hydrogen-bond acceptors (Lipinski definition) is 3. The lowest BCUT2D eigenvalue weighted by Crippen LogP contribution is -2.41. The molecule has 2 aliphatic rings. The number of carbonyl (C=O) groups excluding carboxylic acids is 1. The summed E-state index contributed by atoms with van der Waals surface area (Å²) in [5, 5.41) is 2.95. The van der Waals surface area contributed by atoms with Crippen LogP contribution in [-0.4, -0.2) is 25.1 Å². The predicted molar refractivity (Wildman–Crippen MR) is 43.2 cm³/mol. The van der Waals surface area contributed by atoms with Gasteiger partial charge in [0.25, 0.3) is 0 Å². The zero-order valence-corrected chi connectivity index (χ0v) is 7.22. The van der Waals surface area contributed by atoms with Gasteiger partial charge in [-0.3, -0.25) is 9.63 Å². The molecule has 2 rings (SSSR count). The minimum absolute atomic E-state index is 0.0669. The topological polar surface area (TPSA) is 50.4 Å². The summed E-state index contributed by atoms with van der Waals surface area (Å²) < 4.78 is 0. The van der Waals surface area contributed by atoms with Crippen LogP contribution < -0.4 is 10.8 Å². The molecule has 1 atom stereocenters. The Morgan fingerprint density at radius 2 is 2.42 bits per heavy atom. The van der Waals surface area contributed by atoms with Crippen molar-refractivity contribution in [3.63, 3.8) is 0 Å². The van der Waals surface area contributed by atoms with Gasteiger partial charge in [0.1, 0.15) is 0 Å². The maximum Gasteiger partial charge on any atom is 0.226 e. The van der Waals surface area contributed by atoms with E-state index in [0.717, 1.165) is 19.4 Å². The van der Waals surface area contributed by atoms with Crippen molar-refractivity contribution in [2.45, 2.75) is 25.8 Å². The van der Waals surface area contributed by atoms with Gasteiger partial charge in [0, 0.05) is 12.0 Å². The Morgan fingerprint density at radius 1 is 1.67 bits per heavy atom. The predicted octanol–water partition coefficient (Wildman–Crippen LogP) is -0.194. The van der Waals surface area contributed by atoms with E-state index < -0.39 is 0 Å². The van der Waals surface area contributed by atoms with E-state index in [2.05, 4.69) is 10.8 Å². The van der Waals surface area contributed by atoms with Crippen molar-refractivity contribution in [3.8, 4) is 0 Å². The third-order valence-electron chi connectivity index (χ3n) is 2.60. The average molecular weight is 170 g/mol. The van der Waals surface area contributed by atoms with Crippen molar-refractivity contribution in [3.05, 3.63) is 0 Å². The van der Waals surface area contributed by atoms with Crippen LogP contribution >= 0.6 is 0 Å². The molecule has 1 aliphatic carbocycles. The van der Waals surface area contributed by atoms with Gasteiger partial charge in [-0.15, -0.1) is 0 Å². The Kier molecular flexibility index (Phi) is 1.81. The van der Waals surface area contributed by atoms with Crippen LogP contribution in [0.5, 0.6) is 0 Å². The monoisotopic (exact) mass is 170 g/mol. The molecule has 4 heteroatoms. The van der Waals surface area contributed by atoms with Crippen LogP contribution in [0.1, 0.15) is 19.8 Å². The van der Waals surface area contributed by atoms with Crippen molar-refractivity contribution in [2.75, 3.05) is 13.2 Å². The van der Waals surface area contributed by atoms with Gasteiger partial charge in [-0.25, -0.2) is 5.48 Å². The molecular formula is C8H14N2O2. The van der Waals surface area contributed by atoms with Gasteiger partial charge in [-0.2, -0.15) is 0 Å². The van der Waals surface area contributed by atoms with E-state index in [1.165, 1.54) is 0 Å². The molecule has 0 bridgehead atoms. The number of carbonyl (C=O) groups is 1. The normalized spacial score (nSPS) is 31.6. The third-order valence-corrected chi connectivity index (χ3v) is 2.60. The van der Waals surface area contributed by atoms with Crippen LogP contribution in [0.15, 0.2) is 0 Å². The van der Waals surface area contributed by atoms with E-state index >= 15 is 0 Å². The number of hydrogen-bond donors (Lipinski definition) is 2. The molecule has 12 heavy (non-hydrogen) atoms. The molecule has 4 nitrogen and oxygen atoms in total. The van der Waals surface area contributed by atoms with Gasteiger partial charge in [0.05, 0.1) is 12.6 Å². The van der Waals surface area contributed by atoms with E-state index in [9.17, 15) is 4.79 Å². The molecule has 1 aliphatic heterocycles. The molecule has 0 unspecified atom stereocenters. The molecule has 0 aromatic carbocycles. The van der Waals surface area contributed by atoms with Crippen LogP contribution in [0.2, 0.25) is 0 Å². The Bertz CT molecular complexity index is 195. The molecule has 1 saturated carbocycles. The van der Waals surface area contributed by atoms with Crippen molar-refractivity contribution in [1.82, 2.24) is 10.8 Å². The second-order valence-corrected chi connectivity index (χ2v) is 3.89. The molecular weight excluding hydrogens is 156 g/mol. The first-order valence-electron chi connectivity index (χ1n) is 4.36. The first-order chi connectivity index (χ1) is 5.71. The zero-order valence-electron chi connectivity index (χ0n) is 7.22. The quantitative estimate of drug-likeness (QED) is 0.603. The Hall–Kier alpha value is -0.610. The maximum absolute atomic E-state index is 11.5. The highest BCUT2D eigenvalue weighted by molar-refractivity contribution is 5.85. The molecule has 0 aromatic rings. The van der Waals surface area contributed by atoms with Gasteiger partial charge in [0.2, 0.25) is 5.91 Å². The number of hydroxylamine groups is 1. The van der Waals surface area contributed by atoms with Gasteiger partial charge in [-0.05, 0) is 12.8 Å². The first kappa shape index (κ1) is 8.01. The number of nitrogens with one attached hydrogen (secondary N) is 2. The van der Waals surface area contributed by atoms with Gasteiger partial charge in [-0.1, -0.05) is 6.92 Å². The fourth-order valence-electron chi connectivity index (χ4n) is 1.24. The molecule has 0 aromatic heterocycles. The smallest absolute Gasteiger partial charge is 0.226 e. The van der Waals surface area contributed by atoms with E-state index in [1.807, 2.05) is 6.92 Å². The summed E-state index contributed by atoms with van der Waals surface area (Å²) in [5.41, 5.74) is 2.67. The maximum atomic E-state index is 11.5. The van der Waals surface area contributed by atoms with E-state index in [-0.39, 0.29) is 17.4 Å². The second kappa shape index (κ2) is 2.71. The first-order valence-corrected chi connectivity index (χ1v) is 4.36. The minimum Gasteiger partial charge on any atom is -0.349 e. The summed E-state index contributed by atoms with van der Waals surface area (Å²) in [6.45, 7) is 3.31. The summed E-state index contributed by atoms with van der Waals surface area (Å²) >= 11 is 0. The highest BCUT2D eigenvalue weighted by atomic mass is 16.7. The van der Waals surface area contributed by atoms with Crippen LogP contribution in [0.25, 0.3) is 0 Å². The summed E-state index contributed by atoms with van der Waals surface area (Å²) in [6, 6.07) is 0.162. The van der Waals surface area contributed by atoms with Gasteiger partial charge < -0.3 is 5.32 Å². The summed E-state index contributed by atoms with van der Waals surface area (Å²) in [6.07, 6.45) is 2.06. The molecule has 0 radical (unpaired) electrons. The van der Waals surface area contributed by atoms with Crippen molar-refractivity contribution >= 4 is 5.91 Å². The average Bonchev–Trinajstić information content (AvgIpc) is 2.63. The second-order valence-electron chi connectivity index (χ2n) is 3.89. The van der Waals surface area contributed by atoms with Crippen LogP contribution in [0.4, 0.5) is 0 Å². The highest BCUT2D eigenvalue weighted by Gasteiger charge is 2.45. The molecule has 2 N–H and O–H groups in total. The zero-order chi connectivity index (χ0) is 8.60. The Labute approximate surface area is 71.6 Å². The molecule has 1 amide bonds. The summed E-state index contributed by atoms with van der Waals surface area (Å²) in [4.78, 5) is 16.4. The third kappa shape index (κ3) is 1.44. The van der Waals surface area contributed by atoms with Crippen molar-refractivity contribution < 1.29 is 9.63 Å².